The summed E-state index contributed by atoms with van der Waals surface area (Å²) >= 11 is 0. The minimum Gasteiger partial charge on any atom is -0.369 e. The average molecular weight is 303 g/mol. The smallest absolute Gasteiger partial charge is 0.282 e. The van der Waals surface area contributed by atoms with Crippen LogP contribution < -0.4 is 5.73 Å². The molecule has 6 nitrogen and oxygen atoms in total. The molecule has 1 amide bonds. The molecule has 2 aliphatic rings. The van der Waals surface area contributed by atoms with Gasteiger partial charge in [-0.15, -0.1) is 0 Å². The third-order valence-corrected chi connectivity index (χ3v) is 6.29. The first kappa shape index (κ1) is 15.7. The normalized spacial score (nSPS) is 26.2. The number of primary amides is 1. The number of amides is 1. The minimum atomic E-state index is -3.57. The van der Waals surface area contributed by atoms with Gasteiger partial charge in [-0.2, -0.15) is 17.0 Å². The van der Waals surface area contributed by atoms with E-state index in [0.717, 1.165) is 38.5 Å². The van der Waals surface area contributed by atoms with Crippen LogP contribution in [0.25, 0.3) is 0 Å². The van der Waals surface area contributed by atoms with E-state index in [1.54, 1.807) is 0 Å². The van der Waals surface area contributed by atoms with E-state index >= 15 is 0 Å². The number of hydrogen-bond donors (Lipinski definition) is 1. The second-order valence-corrected chi connectivity index (χ2v) is 7.94. The van der Waals surface area contributed by atoms with Crippen molar-refractivity contribution in [2.75, 3.05) is 19.6 Å². The first-order valence-electron chi connectivity index (χ1n) is 7.46. The van der Waals surface area contributed by atoms with Gasteiger partial charge in [0.05, 0.1) is 6.54 Å². The Hall–Kier alpha value is -0.660. The van der Waals surface area contributed by atoms with E-state index in [9.17, 15) is 13.2 Å². The summed E-state index contributed by atoms with van der Waals surface area (Å²) in [7, 11) is -3.57. The molecule has 1 saturated heterocycles. The van der Waals surface area contributed by atoms with Crippen molar-refractivity contribution in [1.29, 1.82) is 0 Å². The van der Waals surface area contributed by atoms with Gasteiger partial charge < -0.3 is 5.73 Å². The Morgan fingerprint density at radius 1 is 1.25 bits per heavy atom. The van der Waals surface area contributed by atoms with Gasteiger partial charge in [-0.25, -0.2) is 0 Å². The highest BCUT2D eigenvalue weighted by molar-refractivity contribution is 7.86. The van der Waals surface area contributed by atoms with Crippen molar-refractivity contribution in [2.24, 2.45) is 11.7 Å². The molecule has 0 aromatic heterocycles. The van der Waals surface area contributed by atoms with Crippen molar-refractivity contribution in [3.05, 3.63) is 0 Å². The average Bonchev–Trinajstić information content (AvgIpc) is 2.89. The summed E-state index contributed by atoms with van der Waals surface area (Å²) in [5, 5.41) is 0. The highest BCUT2D eigenvalue weighted by Gasteiger charge is 2.38. The van der Waals surface area contributed by atoms with E-state index in [1.165, 1.54) is 8.61 Å². The summed E-state index contributed by atoms with van der Waals surface area (Å²) in [4.78, 5) is 11.3. The van der Waals surface area contributed by atoms with Gasteiger partial charge in [0.2, 0.25) is 5.91 Å². The zero-order valence-electron chi connectivity index (χ0n) is 12.1. The highest BCUT2D eigenvalue weighted by atomic mass is 32.2. The molecular formula is C13H25N3O3S. The molecular weight excluding hydrogens is 278 g/mol. The molecule has 0 spiro atoms. The number of carbonyl (C=O) groups is 1. The molecule has 1 heterocycles. The summed E-state index contributed by atoms with van der Waals surface area (Å²) in [6.45, 7) is 2.96. The van der Waals surface area contributed by atoms with Crippen molar-refractivity contribution < 1.29 is 13.2 Å². The van der Waals surface area contributed by atoms with Crippen LogP contribution in [0.5, 0.6) is 0 Å². The molecule has 2 rings (SSSR count). The molecule has 1 atom stereocenters. The number of hydrogen-bond acceptors (Lipinski definition) is 3. The Morgan fingerprint density at radius 3 is 2.45 bits per heavy atom. The van der Waals surface area contributed by atoms with Crippen LogP contribution in [0.3, 0.4) is 0 Å². The van der Waals surface area contributed by atoms with Gasteiger partial charge in [0.25, 0.3) is 10.2 Å². The summed E-state index contributed by atoms with van der Waals surface area (Å²) in [6, 6.07) is -0.0651. The van der Waals surface area contributed by atoms with Crippen molar-refractivity contribution in [3.8, 4) is 0 Å². The maximum atomic E-state index is 12.8. The molecule has 116 valence electrons. The molecule has 0 radical (unpaired) electrons. The van der Waals surface area contributed by atoms with Crippen molar-refractivity contribution >= 4 is 16.1 Å². The Labute approximate surface area is 121 Å². The van der Waals surface area contributed by atoms with E-state index < -0.39 is 16.1 Å². The maximum Gasteiger partial charge on any atom is 0.282 e. The van der Waals surface area contributed by atoms with Crippen molar-refractivity contribution in [2.45, 2.75) is 51.5 Å². The molecule has 1 saturated carbocycles. The molecule has 20 heavy (non-hydrogen) atoms. The Kier molecular flexibility index (Phi) is 5.04. The molecule has 0 aromatic rings. The number of nitrogens with zero attached hydrogens (tertiary/aromatic N) is 2. The number of nitrogens with two attached hydrogens (primary N) is 1. The van der Waals surface area contributed by atoms with Gasteiger partial charge >= 0.3 is 0 Å². The molecule has 0 unspecified atom stereocenters. The van der Waals surface area contributed by atoms with Gasteiger partial charge in [-0.05, 0) is 31.6 Å². The summed E-state index contributed by atoms with van der Waals surface area (Å²) in [5.41, 5.74) is 5.25. The molecule has 2 fully saturated rings. The highest BCUT2D eigenvalue weighted by Crippen LogP contribution is 2.28. The Morgan fingerprint density at radius 2 is 1.90 bits per heavy atom. The Bertz CT molecular complexity index is 446. The SMILES string of the molecule is C[C@@H]1CCCN(S(=O)(=O)N(CC(N)=O)C2CCCC2)C1. The predicted molar refractivity (Wildman–Crippen MR) is 77.0 cm³/mol. The van der Waals surface area contributed by atoms with Crippen LogP contribution in [0.4, 0.5) is 0 Å². The fourth-order valence-electron chi connectivity index (χ4n) is 3.25. The van der Waals surface area contributed by atoms with Crippen LogP contribution in [-0.4, -0.2) is 48.6 Å². The van der Waals surface area contributed by atoms with Crippen LogP contribution in [0.2, 0.25) is 0 Å². The molecule has 7 heteroatoms. The van der Waals surface area contributed by atoms with Crippen LogP contribution in [0.15, 0.2) is 0 Å². The van der Waals surface area contributed by atoms with Gasteiger partial charge in [0.1, 0.15) is 0 Å². The fraction of sp³-hybridized carbons (Fsp3) is 0.923. The summed E-state index contributed by atoms with van der Waals surface area (Å²) in [5.74, 6) is -0.205. The molecule has 0 aromatic carbocycles. The third-order valence-electron chi connectivity index (χ3n) is 4.29. The van der Waals surface area contributed by atoms with Gasteiger partial charge in [0, 0.05) is 19.1 Å². The zero-order valence-corrected chi connectivity index (χ0v) is 12.9. The molecule has 1 aliphatic heterocycles. The quantitative estimate of drug-likeness (QED) is 0.811. The third kappa shape index (κ3) is 3.51. The van der Waals surface area contributed by atoms with E-state index in [2.05, 4.69) is 6.92 Å². The monoisotopic (exact) mass is 303 g/mol. The fourth-order valence-corrected chi connectivity index (χ4v) is 5.23. The maximum absolute atomic E-state index is 12.8. The van der Waals surface area contributed by atoms with Crippen LogP contribution in [-0.2, 0) is 15.0 Å². The lowest BCUT2D eigenvalue weighted by atomic mass is 10.0. The second-order valence-electron chi connectivity index (χ2n) is 6.06. The topological polar surface area (TPSA) is 83.7 Å². The van der Waals surface area contributed by atoms with Crippen LogP contribution in [0.1, 0.15) is 45.4 Å². The summed E-state index contributed by atoms with van der Waals surface area (Å²) < 4.78 is 28.5. The van der Waals surface area contributed by atoms with Crippen LogP contribution >= 0.6 is 0 Å². The lowest BCUT2D eigenvalue weighted by molar-refractivity contribution is -0.118. The first-order valence-corrected chi connectivity index (χ1v) is 8.86. The molecule has 2 N–H and O–H groups in total. The number of piperidine rings is 1. The van der Waals surface area contributed by atoms with Crippen molar-refractivity contribution in [1.82, 2.24) is 8.61 Å². The summed E-state index contributed by atoms with van der Waals surface area (Å²) in [6.07, 6.45) is 5.64. The minimum absolute atomic E-state index is 0.0651. The lowest BCUT2D eigenvalue weighted by Gasteiger charge is -2.36. The van der Waals surface area contributed by atoms with Crippen LogP contribution in [0, 0.1) is 5.92 Å². The van der Waals surface area contributed by atoms with Gasteiger partial charge in [-0.3, -0.25) is 4.79 Å². The lowest BCUT2D eigenvalue weighted by Crippen LogP contribution is -2.52. The van der Waals surface area contributed by atoms with Crippen molar-refractivity contribution in [3.63, 3.8) is 0 Å². The number of rotatable bonds is 5. The molecule has 0 bridgehead atoms. The van der Waals surface area contributed by atoms with E-state index in [-0.39, 0.29) is 12.6 Å². The Balaban J connectivity index is 2.18. The first-order chi connectivity index (χ1) is 9.41. The zero-order chi connectivity index (χ0) is 14.8. The largest absolute Gasteiger partial charge is 0.369 e. The predicted octanol–water partition coefficient (Wildman–Crippen LogP) is 0.693. The van der Waals surface area contributed by atoms with E-state index in [1.807, 2.05) is 0 Å². The molecule has 1 aliphatic carbocycles. The number of carbonyl (C=O) groups excluding carboxylic acids is 1. The standard InChI is InChI=1S/C13H25N3O3S/c1-11-5-4-8-15(9-11)20(18,19)16(10-13(14)17)12-6-2-3-7-12/h11-12H,2-10H2,1H3,(H2,14,17)/t11-/m1/s1. The van der Waals surface area contributed by atoms with E-state index in [0.29, 0.717) is 19.0 Å². The van der Waals surface area contributed by atoms with E-state index in [4.69, 9.17) is 5.73 Å². The van der Waals surface area contributed by atoms with Gasteiger partial charge in [-0.1, -0.05) is 19.8 Å². The van der Waals surface area contributed by atoms with Gasteiger partial charge in [0.15, 0.2) is 0 Å². The second kappa shape index (κ2) is 6.41.